The summed E-state index contributed by atoms with van der Waals surface area (Å²) in [5.41, 5.74) is 20.5. The van der Waals surface area contributed by atoms with Crippen LogP contribution in [0.4, 0.5) is 0 Å². The molecule has 2 heterocycles. The summed E-state index contributed by atoms with van der Waals surface area (Å²) in [6, 6.07) is 72.7. The smallest absolute Gasteiger partial charge is 0.146 e. The Bertz CT molecular complexity index is 3570. The van der Waals surface area contributed by atoms with E-state index in [1.54, 1.807) is 0 Å². The van der Waals surface area contributed by atoms with Crippen LogP contribution in [-0.4, -0.2) is 9.38 Å². The monoisotopic (exact) mass is 762 g/mol. The summed E-state index contributed by atoms with van der Waals surface area (Å²) in [4.78, 5) is 5.06. The minimum Gasteiger partial charge on any atom is -0.292 e. The molecule has 0 unspecified atom stereocenters. The van der Waals surface area contributed by atoms with Gasteiger partial charge in [-0.05, 0) is 120 Å². The second-order valence-electron chi connectivity index (χ2n) is 15.9. The summed E-state index contributed by atoms with van der Waals surface area (Å²) in [7, 11) is 0. The minimum atomic E-state index is 1.000. The molecule has 0 fully saturated rings. The number of rotatable bonds is 5. The van der Waals surface area contributed by atoms with Crippen molar-refractivity contribution in [1.82, 2.24) is 9.38 Å². The first-order chi connectivity index (χ1) is 29.7. The topological polar surface area (TPSA) is 17.3 Å². The summed E-state index contributed by atoms with van der Waals surface area (Å²) in [5, 5.41) is 6.14. The van der Waals surface area contributed by atoms with Crippen LogP contribution >= 0.6 is 0 Å². The van der Waals surface area contributed by atoms with Crippen molar-refractivity contribution in [2.24, 2.45) is 0 Å². The first kappa shape index (κ1) is 34.3. The molecule has 60 heavy (non-hydrogen) atoms. The van der Waals surface area contributed by atoms with Gasteiger partial charge < -0.3 is 0 Å². The molecule has 0 N–H and O–H groups in total. The number of aromatic nitrogens is 2. The van der Waals surface area contributed by atoms with E-state index in [0.29, 0.717) is 0 Å². The molecule has 0 spiro atoms. The Labute approximate surface area is 348 Å². The molecule has 1 aliphatic rings. The van der Waals surface area contributed by atoms with Gasteiger partial charge in [-0.3, -0.25) is 4.40 Å². The van der Waals surface area contributed by atoms with Crippen molar-refractivity contribution in [3.63, 3.8) is 0 Å². The van der Waals surface area contributed by atoms with Crippen LogP contribution in [0.1, 0.15) is 23.6 Å². The van der Waals surface area contributed by atoms with Crippen molar-refractivity contribution in [1.29, 1.82) is 0 Å². The molecule has 280 valence electrons. The van der Waals surface area contributed by atoms with Crippen LogP contribution in [-0.2, 0) is 0 Å². The number of nitrogens with zero attached hydrogens (tertiary/aromatic N) is 2. The molecule has 2 aromatic heterocycles. The number of para-hydroxylation sites is 2. The van der Waals surface area contributed by atoms with Gasteiger partial charge in [-0.25, -0.2) is 4.98 Å². The Morgan fingerprint density at radius 3 is 1.70 bits per heavy atom. The van der Waals surface area contributed by atoms with Crippen LogP contribution in [0, 0.1) is 0 Å². The van der Waals surface area contributed by atoms with Gasteiger partial charge in [0.25, 0.3) is 0 Å². The van der Waals surface area contributed by atoms with Gasteiger partial charge in [0.1, 0.15) is 5.65 Å². The summed E-state index contributed by atoms with van der Waals surface area (Å²) in [6.45, 7) is 2.23. The predicted octanol–water partition coefficient (Wildman–Crippen LogP) is 15.5. The van der Waals surface area contributed by atoms with Crippen LogP contribution in [0.25, 0.3) is 105 Å². The van der Waals surface area contributed by atoms with E-state index in [1.807, 2.05) is 0 Å². The molecule has 0 bridgehead atoms. The van der Waals surface area contributed by atoms with Crippen LogP contribution in [0.2, 0.25) is 0 Å². The first-order valence-corrected chi connectivity index (χ1v) is 20.7. The first-order valence-electron chi connectivity index (χ1n) is 20.7. The predicted molar refractivity (Wildman–Crippen MR) is 254 cm³/mol. The minimum absolute atomic E-state index is 1.000. The highest BCUT2D eigenvalue weighted by molar-refractivity contribution is 6.21. The zero-order valence-electron chi connectivity index (χ0n) is 33.1. The SMILES string of the molecule is C/C(=C\C=C1/c2ccccc2-c2c1c(-c1ccccc1)c1ccccc1c2-c1ccccc1)c1ccc(-c2ccc3c(c2)c2ccccc2c2nc4ccccc4n32)cc1. The maximum atomic E-state index is 5.06. The molecule has 2 heteroatoms. The summed E-state index contributed by atoms with van der Waals surface area (Å²) >= 11 is 0. The maximum Gasteiger partial charge on any atom is 0.146 e. The molecule has 1 aliphatic carbocycles. The van der Waals surface area contributed by atoms with E-state index in [1.165, 1.54) is 99.4 Å². The molecular formula is C58H38N2. The maximum absolute atomic E-state index is 5.06. The van der Waals surface area contributed by atoms with Gasteiger partial charge in [-0.1, -0.05) is 188 Å². The third-order valence-electron chi connectivity index (χ3n) is 12.5. The van der Waals surface area contributed by atoms with Crippen molar-refractivity contribution in [2.75, 3.05) is 0 Å². The van der Waals surface area contributed by atoms with Crippen LogP contribution < -0.4 is 0 Å². The molecule has 0 aliphatic heterocycles. The summed E-state index contributed by atoms with van der Waals surface area (Å²) in [6.07, 6.45) is 4.67. The average Bonchev–Trinajstić information content (AvgIpc) is 3.87. The van der Waals surface area contributed by atoms with Crippen molar-refractivity contribution >= 4 is 60.3 Å². The standard InChI is InChI=1S/C58H38N2/c1-37(38-29-31-39(32-30-38)42-33-35-52-50(36-42)44-21-9-13-25-49(44)58-59-51-26-14-15-27-53(51)60(52)58)28-34-48-43-20-8-10-22-45(43)56-54(40-16-4-2-5-17-40)46-23-11-12-24-47(46)55(57(48)56)41-18-6-3-7-19-41/h2-36H,1H3/b37-28+,48-34+. The molecule has 0 saturated carbocycles. The van der Waals surface area contributed by atoms with E-state index in [-0.39, 0.29) is 0 Å². The largest absolute Gasteiger partial charge is 0.292 e. The zero-order valence-corrected chi connectivity index (χ0v) is 33.1. The Hall–Kier alpha value is -7.81. The number of fused-ring (bicyclic) bond motifs is 12. The molecule has 0 radical (unpaired) electrons. The number of hydrogen-bond donors (Lipinski definition) is 0. The van der Waals surface area contributed by atoms with Crippen LogP contribution in [0.15, 0.2) is 212 Å². The second kappa shape index (κ2) is 13.7. The Morgan fingerprint density at radius 2 is 0.983 bits per heavy atom. The van der Waals surface area contributed by atoms with Crippen molar-refractivity contribution in [2.45, 2.75) is 6.92 Å². The normalized spacial score (nSPS) is 13.2. The lowest BCUT2D eigenvalue weighted by atomic mass is 9.83. The summed E-state index contributed by atoms with van der Waals surface area (Å²) in [5.74, 6) is 0. The van der Waals surface area contributed by atoms with Crippen LogP contribution in [0.3, 0.4) is 0 Å². The van der Waals surface area contributed by atoms with Gasteiger partial charge in [0.05, 0.1) is 16.6 Å². The highest BCUT2D eigenvalue weighted by Gasteiger charge is 2.31. The third kappa shape index (κ3) is 5.24. The molecule has 0 atom stereocenters. The van der Waals surface area contributed by atoms with Gasteiger partial charge in [-0.15, -0.1) is 0 Å². The number of benzene rings is 9. The lowest BCUT2D eigenvalue weighted by Crippen LogP contribution is -1.95. The van der Waals surface area contributed by atoms with E-state index >= 15 is 0 Å². The highest BCUT2D eigenvalue weighted by Crippen LogP contribution is 2.55. The van der Waals surface area contributed by atoms with Gasteiger partial charge in [-0.2, -0.15) is 0 Å². The van der Waals surface area contributed by atoms with Crippen molar-refractivity contribution in [3.8, 4) is 44.5 Å². The number of pyridine rings is 1. The van der Waals surface area contributed by atoms with Crippen molar-refractivity contribution < 1.29 is 0 Å². The van der Waals surface area contributed by atoms with E-state index in [2.05, 4.69) is 224 Å². The van der Waals surface area contributed by atoms with E-state index in [9.17, 15) is 0 Å². The third-order valence-corrected chi connectivity index (χ3v) is 12.5. The molecular weight excluding hydrogens is 725 g/mol. The lowest BCUT2D eigenvalue weighted by molar-refractivity contribution is 1.31. The van der Waals surface area contributed by atoms with Crippen molar-refractivity contribution in [3.05, 3.63) is 229 Å². The quantitative estimate of drug-likeness (QED) is 0.160. The zero-order chi connectivity index (χ0) is 39.7. The highest BCUT2D eigenvalue weighted by atomic mass is 15.0. The molecule has 0 amide bonds. The number of imidazole rings is 1. The number of hydrogen-bond acceptors (Lipinski definition) is 1. The summed E-state index contributed by atoms with van der Waals surface area (Å²) < 4.78 is 2.32. The fourth-order valence-corrected chi connectivity index (χ4v) is 9.75. The van der Waals surface area contributed by atoms with Gasteiger partial charge in [0.2, 0.25) is 0 Å². The van der Waals surface area contributed by atoms with E-state index in [4.69, 9.17) is 4.98 Å². The molecule has 2 nitrogen and oxygen atoms in total. The van der Waals surface area contributed by atoms with Crippen LogP contribution in [0.5, 0.6) is 0 Å². The second-order valence-corrected chi connectivity index (χ2v) is 15.9. The van der Waals surface area contributed by atoms with Gasteiger partial charge >= 0.3 is 0 Å². The Morgan fingerprint density at radius 1 is 0.417 bits per heavy atom. The Kier molecular flexibility index (Phi) is 7.79. The van der Waals surface area contributed by atoms with Gasteiger partial charge in [0.15, 0.2) is 0 Å². The molecule has 9 aromatic carbocycles. The lowest BCUT2D eigenvalue weighted by Gasteiger charge is -2.20. The fourth-order valence-electron chi connectivity index (χ4n) is 9.75. The molecule has 12 rings (SSSR count). The average molecular weight is 763 g/mol. The fraction of sp³-hybridized carbons (Fsp3) is 0.0172. The van der Waals surface area contributed by atoms with E-state index < -0.39 is 0 Å². The van der Waals surface area contributed by atoms with Gasteiger partial charge in [0, 0.05) is 10.8 Å². The molecule has 11 aromatic rings. The Balaban J connectivity index is 0.987. The number of allylic oxidation sites excluding steroid dienone is 3. The van der Waals surface area contributed by atoms with E-state index in [0.717, 1.165) is 22.1 Å². The molecule has 0 saturated heterocycles.